The first-order chi connectivity index (χ1) is 11.6. The molecule has 0 aliphatic rings. The Kier molecular flexibility index (Phi) is 3.62. The molecule has 4 rings (SSSR count). The summed E-state index contributed by atoms with van der Waals surface area (Å²) in [5, 5.41) is 2.01. The summed E-state index contributed by atoms with van der Waals surface area (Å²) in [6.07, 6.45) is 0.922. The van der Waals surface area contributed by atoms with Crippen LogP contribution >= 0.6 is 22.7 Å². The van der Waals surface area contributed by atoms with Crippen molar-refractivity contribution in [3.63, 3.8) is 0 Å². The Morgan fingerprint density at radius 2 is 1.96 bits per heavy atom. The molecule has 0 spiro atoms. The molecule has 24 heavy (non-hydrogen) atoms. The number of hydrogen-bond acceptors (Lipinski definition) is 4. The number of fused-ring (bicyclic) bond motifs is 1. The minimum atomic E-state index is 0.630. The molecule has 5 heteroatoms. The summed E-state index contributed by atoms with van der Waals surface area (Å²) in [5.41, 5.74) is 6.11. The van der Waals surface area contributed by atoms with Crippen molar-refractivity contribution < 1.29 is 4.79 Å². The van der Waals surface area contributed by atoms with Crippen molar-refractivity contribution in [1.29, 1.82) is 0 Å². The van der Waals surface area contributed by atoms with Crippen LogP contribution in [0.4, 0.5) is 0 Å². The van der Waals surface area contributed by atoms with Crippen LogP contribution in [-0.2, 0) is 0 Å². The minimum absolute atomic E-state index is 0.630. The lowest BCUT2D eigenvalue weighted by atomic mass is 10.0. The van der Waals surface area contributed by atoms with E-state index in [9.17, 15) is 4.79 Å². The molecule has 0 saturated carbocycles. The number of benzene rings is 1. The summed E-state index contributed by atoms with van der Waals surface area (Å²) >= 11 is 3.23. The molecule has 3 heterocycles. The Labute approximate surface area is 148 Å². The van der Waals surface area contributed by atoms with E-state index in [1.54, 1.807) is 22.7 Å². The number of nitrogens with zero attached hydrogens (tertiary/aromatic N) is 2. The highest BCUT2D eigenvalue weighted by Crippen LogP contribution is 2.37. The van der Waals surface area contributed by atoms with Crippen molar-refractivity contribution in [2.24, 2.45) is 0 Å². The van der Waals surface area contributed by atoms with Crippen LogP contribution in [0.3, 0.4) is 0 Å². The smallest absolute Gasteiger partial charge is 0.195 e. The van der Waals surface area contributed by atoms with Gasteiger partial charge >= 0.3 is 0 Å². The van der Waals surface area contributed by atoms with Gasteiger partial charge < -0.3 is 0 Å². The van der Waals surface area contributed by atoms with Crippen molar-refractivity contribution in [2.75, 3.05) is 0 Å². The molecule has 4 aromatic rings. The van der Waals surface area contributed by atoms with E-state index in [1.165, 1.54) is 16.0 Å². The molecule has 3 nitrogen and oxygen atoms in total. The fourth-order valence-electron chi connectivity index (χ4n) is 2.96. The van der Waals surface area contributed by atoms with Crippen LogP contribution in [0.15, 0.2) is 35.7 Å². The van der Waals surface area contributed by atoms with Crippen molar-refractivity contribution in [3.8, 4) is 21.8 Å². The average molecular weight is 352 g/mol. The summed E-state index contributed by atoms with van der Waals surface area (Å²) in [5.74, 6) is 0. The monoisotopic (exact) mass is 352 g/mol. The predicted molar refractivity (Wildman–Crippen MR) is 101 cm³/mol. The van der Waals surface area contributed by atoms with Gasteiger partial charge in [-0.3, -0.25) is 9.20 Å². The van der Waals surface area contributed by atoms with Gasteiger partial charge in [0, 0.05) is 4.88 Å². The van der Waals surface area contributed by atoms with Crippen LogP contribution < -0.4 is 0 Å². The van der Waals surface area contributed by atoms with Gasteiger partial charge in [-0.2, -0.15) is 0 Å². The number of hydrogen-bond donors (Lipinski definition) is 0. The molecule has 0 bridgehead atoms. The number of carbonyl (C=O) groups is 1. The molecular formula is C19H16N2OS2. The first kappa shape index (κ1) is 15.3. The lowest BCUT2D eigenvalue weighted by Gasteiger charge is -2.07. The second-order valence-corrected chi connectivity index (χ2v) is 7.99. The molecule has 3 aromatic heterocycles. The standard InChI is InChI=1S/C19H16N2OS2/c1-11-6-7-14(9-12(11)2)18-13(3)24-19-20-17(15(10-22)21(18)19)16-5-4-8-23-16/h4-10H,1-3H3. The third-order valence-corrected chi connectivity index (χ3v) is 6.16. The molecule has 0 aliphatic heterocycles. The van der Waals surface area contributed by atoms with Gasteiger partial charge in [-0.15, -0.1) is 22.7 Å². The molecular weight excluding hydrogens is 336 g/mol. The Morgan fingerprint density at radius 3 is 2.62 bits per heavy atom. The van der Waals surface area contributed by atoms with Crippen LogP contribution in [0.1, 0.15) is 26.5 Å². The molecule has 0 unspecified atom stereocenters. The molecule has 0 atom stereocenters. The van der Waals surface area contributed by atoms with Gasteiger partial charge in [-0.1, -0.05) is 18.2 Å². The maximum Gasteiger partial charge on any atom is 0.195 e. The minimum Gasteiger partial charge on any atom is -0.296 e. The van der Waals surface area contributed by atoms with Gasteiger partial charge in [-0.05, 0) is 55.0 Å². The molecule has 0 aliphatic carbocycles. The SMILES string of the molecule is Cc1ccc(-c2c(C)sc3nc(-c4cccs4)c(C=O)n23)cc1C. The fourth-order valence-corrected chi connectivity index (χ4v) is 4.68. The highest BCUT2D eigenvalue weighted by molar-refractivity contribution is 7.17. The first-order valence-corrected chi connectivity index (χ1v) is 9.38. The second-order valence-electron chi connectivity index (χ2n) is 5.86. The van der Waals surface area contributed by atoms with Crippen LogP contribution in [0.25, 0.3) is 26.8 Å². The number of thiazole rings is 1. The first-order valence-electron chi connectivity index (χ1n) is 7.68. The van der Waals surface area contributed by atoms with E-state index in [-0.39, 0.29) is 0 Å². The van der Waals surface area contributed by atoms with E-state index >= 15 is 0 Å². The van der Waals surface area contributed by atoms with Crippen molar-refractivity contribution in [3.05, 3.63) is 57.4 Å². The van der Waals surface area contributed by atoms with E-state index < -0.39 is 0 Å². The van der Waals surface area contributed by atoms with Crippen LogP contribution in [0.2, 0.25) is 0 Å². The molecule has 1 aromatic carbocycles. The van der Waals surface area contributed by atoms with Gasteiger partial charge in [0.1, 0.15) is 11.4 Å². The number of aryl methyl sites for hydroxylation is 3. The molecule has 0 fully saturated rings. The lowest BCUT2D eigenvalue weighted by Crippen LogP contribution is -1.95. The molecule has 0 saturated heterocycles. The Balaban J connectivity index is 2.03. The molecule has 0 N–H and O–H groups in total. The van der Waals surface area contributed by atoms with Crippen LogP contribution in [0, 0.1) is 20.8 Å². The van der Waals surface area contributed by atoms with E-state index in [2.05, 4.69) is 39.0 Å². The summed E-state index contributed by atoms with van der Waals surface area (Å²) in [6, 6.07) is 10.4. The Bertz CT molecular complexity index is 1060. The zero-order valence-electron chi connectivity index (χ0n) is 13.7. The zero-order chi connectivity index (χ0) is 16.8. The van der Waals surface area contributed by atoms with E-state index in [4.69, 9.17) is 4.98 Å². The Hall–Kier alpha value is -2.24. The van der Waals surface area contributed by atoms with Gasteiger partial charge in [0.15, 0.2) is 11.2 Å². The molecule has 0 amide bonds. The van der Waals surface area contributed by atoms with Gasteiger partial charge in [0.05, 0.1) is 10.6 Å². The number of rotatable bonds is 3. The third-order valence-electron chi connectivity index (χ3n) is 4.33. The summed E-state index contributed by atoms with van der Waals surface area (Å²) in [4.78, 5) is 19.7. The quantitative estimate of drug-likeness (QED) is 0.454. The van der Waals surface area contributed by atoms with Crippen LogP contribution in [0.5, 0.6) is 0 Å². The Morgan fingerprint density at radius 1 is 1.12 bits per heavy atom. The largest absolute Gasteiger partial charge is 0.296 e. The number of thiophene rings is 1. The summed E-state index contributed by atoms with van der Waals surface area (Å²) in [7, 11) is 0. The van der Waals surface area contributed by atoms with E-state index in [0.29, 0.717) is 5.69 Å². The topological polar surface area (TPSA) is 34.4 Å². The third kappa shape index (κ3) is 2.24. The fraction of sp³-hybridized carbons (Fsp3) is 0.158. The average Bonchev–Trinajstić information content (AvgIpc) is 3.24. The summed E-state index contributed by atoms with van der Waals surface area (Å²) < 4.78 is 2.01. The van der Waals surface area contributed by atoms with Crippen LogP contribution in [-0.4, -0.2) is 15.7 Å². The second kappa shape index (κ2) is 5.69. The predicted octanol–water partition coefficient (Wildman–Crippen LogP) is 5.53. The summed E-state index contributed by atoms with van der Waals surface area (Å²) in [6.45, 7) is 6.31. The van der Waals surface area contributed by atoms with E-state index in [1.807, 2.05) is 21.9 Å². The number of aldehydes is 1. The van der Waals surface area contributed by atoms with E-state index in [0.717, 1.165) is 33.1 Å². The normalized spacial score (nSPS) is 11.3. The number of aromatic nitrogens is 2. The highest BCUT2D eigenvalue weighted by atomic mass is 32.1. The zero-order valence-corrected chi connectivity index (χ0v) is 15.3. The van der Waals surface area contributed by atoms with Crippen molar-refractivity contribution >= 4 is 33.9 Å². The van der Waals surface area contributed by atoms with Crippen molar-refractivity contribution in [2.45, 2.75) is 20.8 Å². The highest BCUT2D eigenvalue weighted by Gasteiger charge is 2.21. The number of carbonyl (C=O) groups excluding carboxylic acids is 1. The van der Waals surface area contributed by atoms with Crippen molar-refractivity contribution in [1.82, 2.24) is 9.38 Å². The van der Waals surface area contributed by atoms with Gasteiger partial charge in [-0.25, -0.2) is 4.98 Å². The number of imidazole rings is 1. The molecule has 120 valence electrons. The maximum atomic E-state index is 11.9. The van der Waals surface area contributed by atoms with Gasteiger partial charge in [0.2, 0.25) is 0 Å². The lowest BCUT2D eigenvalue weighted by molar-refractivity contribution is 0.111. The van der Waals surface area contributed by atoms with Gasteiger partial charge in [0.25, 0.3) is 0 Å². The molecule has 0 radical (unpaired) electrons. The maximum absolute atomic E-state index is 11.9.